The lowest BCUT2D eigenvalue weighted by atomic mass is 10.3. The fourth-order valence-electron chi connectivity index (χ4n) is 1.91. The predicted octanol–water partition coefficient (Wildman–Crippen LogP) is 3.46. The Bertz CT molecular complexity index is 737. The highest BCUT2D eigenvalue weighted by atomic mass is 32.2. The van der Waals surface area contributed by atoms with Gasteiger partial charge in [0.05, 0.1) is 17.3 Å². The smallest absolute Gasteiger partial charge is 0.167 e. The third kappa shape index (κ3) is 2.38. The molecule has 0 unspecified atom stereocenters. The summed E-state index contributed by atoms with van der Waals surface area (Å²) in [5.41, 5.74) is 1.51. The zero-order valence-electron chi connectivity index (χ0n) is 11.1. The van der Waals surface area contributed by atoms with E-state index in [0.717, 1.165) is 21.7 Å². The standard InChI is InChI=1S/C14H13FN4S/c1-9(2)20-14-12-7-18-19(13(12)16-8-17-14)11-5-3-10(15)4-6-11/h3-9H,1-2H3. The molecule has 0 aliphatic heterocycles. The minimum Gasteiger partial charge on any atom is -0.229 e. The van der Waals surface area contributed by atoms with Gasteiger partial charge in [-0.25, -0.2) is 19.0 Å². The Morgan fingerprint density at radius 1 is 1.15 bits per heavy atom. The lowest BCUT2D eigenvalue weighted by Gasteiger charge is -2.05. The van der Waals surface area contributed by atoms with Crippen LogP contribution in [0.5, 0.6) is 0 Å². The minimum absolute atomic E-state index is 0.268. The van der Waals surface area contributed by atoms with Crippen LogP contribution in [-0.4, -0.2) is 25.0 Å². The molecule has 0 radical (unpaired) electrons. The van der Waals surface area contributed by atoms with Crippen molar-refractivity contribution in [2.75, 3.05) is 0 Å². The van der Waals surface area contributed by atoms with Crippen LogP contribution in [-0.2, 0) is 0 Å². The first-order valence-corrected chi connectivity index (χ1v) is 7.14. The summed E-state index contributed by atoms with van der Waals surface area (Å²) in [7, 11) is 0. The van der Waals surface area contributed by atoms with Gasteiger partial charge in [-0.05, 0) is 24.3 Å². The molecule has 3 aromatic rings. The first kappa shape index (κ1) is 13.1. The fraction of sp³-hybridized carbons (Fsp3) is 0.214. The normalized spacial score (nSPS) is 11.4. The molecule has 0 saturated heterocycles. The molecule has 6 heteroatoms. The third-order valence-corrected chi connectivity index (χ3v) is 3.77. The van der Waals surface area contributed by atoms with Crippen LogP contribution in [0.2, 0.25) is 0 Å². The Kier molecular flexibility index (Phi) is 3.40. The van der Waals surface area contributed by atoms with E-state index in [4.69, 9.17) is 0 Å². The van der Waals surface area contributed by atoms with Gasteiger partial charge in [0.15, 0.2) is 5.65 Å². The van der Waals surface area contributed by atoms with Crippen LogP contribution in [0.1, 0.15) is 13.8 Å². The number of hydrogen-bond donors (Lipinski definition) is 0. The topological polar surface area (TPSA) is 43.6 Å². The van der Waals surface area contributed by atoms with Gasteiger partial charge in [-0.1, -0.05) is 13.8 Å². The van der Waals surface area contributed by atoms with Crippen molar-refractivity contribution in [3.8, 4) is 5.69 Å². The Balaban J connectivity index is 2.12. The lowest BCUT2D eigenvalue weighted by Crippen LogP contribution is -1.98. The second kappa shape index (κ2) is 5.20. The maximum Gasteiger partial charge on any atom is 0.167 e. The van der Waals surface area contributed by atoms with Crippen molar-refractivity contribution in [1.29, 1.82) is 0 Å². The average Bonchev–Trinajstić information content (AvgIpc) is 2.84. The van der Waals surface area contributed by atoms with Gasteiger partial charge in [-0.3, -0.25) is 0 Å². The van der Waals surface area contributed by atoms with Gasteiger partial charge in [-0.2, -0.15) is 5.10 Å². The van der Waals surface area contributed by atoms with Crippen molar-refractivity contribution >= 4 is 22.8 Å². The fourth-order valence-corrected chi connectivity index (χ4v) is 2.74. The molecule has 1 aromatic carbocycles. The van der Waals surface area contributed by atoms with Gasteiger partial charge < -0.3 is 0 Å². The average molecular weight is 288 g/mol. The molecular formula is C14H13FN4S. The second-order valence-electron chi connectivity index (χ2n) is 4.62. The van der Waals surface area contributed by atoms with Crippen LogP contribution in [0, 0.1) is 5.82 Å². The lowest BCUT2D eigenvalue weighted by molar-refractivity contribution is 0.627. The highest BCUT2D eigenvalue weighted by molar-refractivity contribution is 8.00. The van der Waals surface area contributed by atoms with Crippen LogP contribution >= 0.6 is 11.8 Å². The molecular weight excluding hydrogens is 275 g/mol. The summed E-state index contributed by atoms with van der Waals surface area (Å²) >= 11 is 1.67. The number of benzene rings is 1. The van der Waals surface area contributed by atoms with Gasteiger partial charge in [0, 0.05) is 5.25 Å². The van der Waals surface area contributed by atoms with E-state index < -0.39 is 0 Å². The maximum atomic E-state index is 13.0. The van der Waals surface area contributed by atoms with E-state index in [2.05, 4.69) is 28.9 Å². The summed E-state index contributed by atoms with van der Waals surface area (Å²) in [5, 5.41) is 6.60. The number of hydrogen-bond acceptors (Lipinski definition) is 4. The minimum atomic E-state index is -0.268. The van der Waals surface area contributed by atoms with E-state index in [1.807, 2.05) is 0 Å². The molecule has 102 valence electrons. The molecule has 20 heavy (non-hydrogen) atoms. The highest BCUT2D eigenvalue weighted by Crippen LogP contribution is 2.28. The number of nitrogens with zero attached hydrogens (tertiary/aromatic N) is 4. The molecule has 3 rings (SSSR count). The predicted molar refractivity (Wildman–Crippen MR) is 77.6 cm³/mol. The third-order valence-electron chi connectivity index (χ3n) is 2.75. The molecule has 0 saturated carbocycles. The molecule has 0 N–H and O–H groups in total. The van der Waals surface area contributed by atoms with Crippen molar-refractivity contribution < 1.29 is 4.39 Å². The summed E-state index contributed by atoms with van der Waals surface area (Å²) in [6.07, 6.45) is 3.29. The van der Waals surface area contributed by atoms with Crippen molar-refractivity contribution in [2.24, 2.45) is 0 Å². The Hall–Kier alpha value is -1.95. The van der Waals surface area contributed by atoms with E-state index in [1.54, 1.807) is 34.8 Å². The van der Waals surface area contributed by atoms with Crippen LogP contribution in [0.15, 0.2) is 41.8 Å². The zero-order chi connectivity index (χ0) is 14.1. The highest BCUT2D eigenvalue weighted by Gasteiger charge is 2.12. The van der Waals surface area contributed by atoms with Crippen molar-refractivity contribution in [1.82, 2.24) is 19.7 Å². The van der Waals surface area contributed by atoms with Crippen molar-refractivity contribution in [3.63, 3.8) is 0 Å². The van der Waals surface area contributed by atoms with Gasteiger partial charge >= 0.3 is 0 Å². The van der Waals surface area contributed by atoms with E-state index in [-0.39, 0.29) is 5.82 Å². The molecule has 2 aromatic heterocycles. The Labute approximate surface area is 120 Å². The van der Waals surface area contributed by atoms with Crippen LogP contribution in [0.25, 0.3) is 16.7 Å². The van der Waals surface area contributed by atoms with E-state index in [0.29, 0.717) is 5.25 Å². The molecule has 0 aliphatic carbocycles. The SMILES string of the molecule is CC(C)Sc1ncnc2c1cnn2-c1ccc(F)cc1. The number of thioether (sulfide) groups is 1. The molecule has 0 fully saturated rings. The summed E-state index contributed by atoms with van der Waals surface area (Å²) in [6.45, 7) is 4.23. The van der Waals surface area contributed by atoms with Gasteiger partial charge in [-0.15, -0.1) is 11.8 Å². The van der Waals surface area contributed by atoms with E-state index in [9.17, 15) is 4.39 Å². The van der Waals surface area contributed by atoms with Gasteiger partial charge in [0.1, 0.15) is 17.2 Å². The van der Waals surface area contributed by atoms with Crippen molar-refractivity contribution in [3.05, 3.63) is 42.6 Å². The monoisotopic (exact) mass is 288 g/mol. The maximum absolute atomic E-state index is 13.0. The van der Waals surface area contributed by atoms with Crippen LogP contribution in [0.4, 0.5) is 4.39 Å². The molecule has 0 amide bonds. The number of rotatable bonds is 3. The van der Waals surface area contributed by atoms with Crippen LogP contribution in [0.3, 0.4) is 0 Å². The molecule has 4 nitrogen and oxygen atoms in total. The van der Waals surface area contributed by atoms with Crippen molar-refractivity contribution in [2.45, 2.75) is 24.1 Å². The Morgan fingerprint density at radius 2 is 1.90 bits per heavy atom. The summed E-state index contributed by atoms with van der Waals surface area (Å²) < 4.78 is 14.7. The molecule has 0 atom stereocenters. The number of fused-ring (bicyclic) bond motifs is 1. The van der Waals surface area contributed by atoms with Gasteiger partial charge in [0.2, 0.25) is 0 Å². The zero-order valence-corrected chi connectivity index (χ0v) is 11.9. The quantitative estimate of drug-likeness (QED) is 0.547. The van der Waals surface area contributed by atoms with Crippen LogP contribution < -0.4 is 0 Å². The van der Waals surface area contributed by atoms with E-state index in [1.165, 1.54) is 18.5 Å². The first-order valence-electron chi connectivity index (χ1n) is 6.26. The summed E-state index contributed by atoms with van der Waals surface area (Å²) in [4.78, 5) is 8.60. The Morgan fingerprint density at radius 3 is 2.60 bits per heavy atom. The number of aromatic nitrogens is 4. The largest absolute Gasteiger partial charge is 0.229 e. The summed E-state index contributed by atoms with van der Waals surface area (Å²) in [5.74, 6) is -0.268. The molecule has 0 spiro atoms. The molecule has 0 bridgehead atoms. The molecule has 2 heterocycles. The van der Waals surface area contributed by atoms with Gasteiger partial charge in [0.25, 0.3) is 0 Å². The first-order chi connectivity index (χ1) is 9.65. The second-order valence-corrected chi connectivity index (χ2v) is 6.18. The summed E-state index contributed by atoms with van der Waals surface area (Å²) in [6, 6.07) is 6.18. The van der Waals surface area contributed by atoms with E-state index >= 15 is 0 Å². The molecule has 0 aliphatic rings. The number of halogens is 1.